The van der Waals surface area contributed by atoms with Crippen LogP contribution >= 0.6 is 35.0 Å². The average molecular weight is 343 g/mol. The van der Waals surface area contributed by atoms with Crippen molar-refractivity contribution in [2.45, 2.75) is 24.3 Å². The molecule has 0 heterocycles. The van der Waals surface area contributed by atoms with Crippen LogP contribution in [0.5, 0.6) is 0 Å². The number of hydrogen-bond donors (Lipinski definition) is 2. The van der Waals surface area contributed by atoms with Crippen LogP contribution in [0.2, 0.25) is 10.0 Å². The van der Waals surface area contributed by atoms with Crippen LogP contribution in [0, 0.1) is 0 Å². The number of benzene rings is 1. The van der Waals surface area contributed by atoms with Crippen molar-refractivity contribution in [2.75, 3.05) is 17.7 Å². The highest BCUT2D eigenvalue weighted by Gasteiger charge is 2.24. The lowest BCUT2D eigenvalue weighted by Gasteiger charge is -2.17. The van der Waals surface area contributed by atoms with Crippen molar-refractivity contribution >= 4 is 50.7 Å². The third kappa shape index (κ3) is 4.43. The zero-order valence-electron chi connectivity index (χ0n) is 10.6. The summed E-state index contributed by atoms with van der Waals surface area (Å²) in [6, 6.07) is 2.58. The first-order chi connectivity index (χ1) is 8.81. The molecule has 8 heteroatoms. The Labute approximate surface area is 128 Å². The lowest BCUT2D eigenvalue weighted by atomic mass is 10.3. The molecule has 4 nitrogen and oxygen atoms in total. The fourth-order valence-electron chi connectivity index (χ4n) is 1.58. The summed E-state index contributed by atoms with van der Waals surface area (Å²) in [6.07, 6.45) is 2.60. The van der Waals surface area contributed by atoms with E-state index in [0.29, 0.717) is 17.2 Å². The first-order valence-corrected chi connectivity index (χ1v) is 9.21. The van der Waals surface area contributed by atoms with E-state index in [2.05, 4.69) is 4.72 Å². The van der Waals surface area contributed by atoms with Gasteiger partial charge in [-0.25, -0.2) is 13.1 Å². The lowest BCUT2D eigenvalue weighted by molar-refractivity contribution is 0.558. The molecule has 1 rings (SSSR count). The number of sulfonamides is 1. The molecule has 0 aliphatic carbocycles. The molecule has 3 N–H and O–H groups in total. The second-order valence-electron chi connectivity index (χ2n) is 3.99. The molecule has 0 aromatic heterocycles. The molecule has 0 bridgehead atoms. The fraction of sp³-hybridized carbons (Fsp3) is 0.455. The van der Waals surface area contributed by atoms with Crippen LogP contribution in [0.1, 0.15) is 13.3 Å². The van der Waals surface area contributed by atoms with Gasteiger partial charge in [0.25, 0.3) is 0 Å². The highest BCUT2D eigenvalue weighted by atomic mass is 35.5. The number of nitrogen functional groups attached to an aromatic ring is 1. The summed E-state index contributed by atoms with van der Waals surface area (Å²) in [7, 11) is -3.75. The molecule has 0 saturated heterocycles. The Hall–Kier alpha value is -0.140. The van der Waals surface area contributed by atoms with Crippen LogP contribution in [0.3, 0.4) is 0 Å². The number of halogens is 2. The smallest absolute Gasteiger partial charge is 0.244 e. The predicted molar refractivity (Wildman–Crippen MR) is 83.7 cm³/mol. The maximum atomic E-state index is 12.3. The summed E-state index contributed by atoms with van der Waals surface area (Å²) in [6.45, 7) is 1.91. The normalized spacial score (nSPS) is 13.5. The van der Waals surface area contributed by atoms with Crippen LogP contribution < -0.4 is 10.5 Å². The van der Waals surface area contributed by atoms with E-state index < -0.39 is 10.0 Å². The van der Waals surface area contributed by atoms with Crippen molar-refractivity contribution in [3.05, 3.63) is 22.2 Å². The third-order valence-corrected chi connectivity index (χ3v) is 5.49. The van der Waals surface area contributed by atoms with E-state index in [9.17, 15) is 8.42 Å². The number of hydrogen-bond acceptors (Lipinski definition) is 4. The van der Waals surface area contributed by atoms with Gasteiger partial charge in [0.1, 0.15) is 4.90 Å². The number of anilines is 1. The standard InChI is InChI=1S/C11H16Cl2N2O2S2/c1-3-8(6-18-2)15-19(16,17)11-9(13)4-7(12)5-10(11)14/h4-5,8,15H,3,6,14H2,1-2H3. The van der Waals surface area contributed by atoms with Gasteiger partial charge in [0.2, 0.25) is 10.0 Å². The van der Waals surface area contributed by atoms with Crippen LogP contribution in [-0.2, 0) is 10.0 Å². The molecular weight excluding hydrogens is 327 g/mol. The minimum absolute atomic E-state index is 0.0245. The van der Waals surface area contributed by atoms with E-state index in [-0.39, 0.29) is 21.6 Å². The van der Waals surface area contributed by atoms with Gasteiger partial charge in [0.15, 0.2) is 0 Å². The number of nitrogens with one attached hydrogen (secondary N) is 1. The van der Waals surface area contributed by atoms with Gasteiger partial charge in [0, 0.05) is 16.8 Å². The highest BCUT2D eigenvalue weighted by molar-refractivity contribution is 7.98. The summed E-state index contributed by atoms with van der Waals surface area (Å²) < 4.78 is 27.2. The molecule has 1 unspecified atom stereocenters. The molecule has 19 heavy (non-hydrogen) atoms. The molecule has 0 saturated carbocycles. The molecule has 1 aromatic rings. The number of nitrogens with two attached hydrogens (primary N) is 1. The Morgan fingerprint density at radius 1 is 1.42 bits per heavy atom. The zero-order chi connectivity index (χ0) is 14.6. The van der Waals surface area contributed by atoms with Crippen molar-refractivity contribution in [3.8, 4) is 0 Å². The Balaban J connectivity index is 3.14. The second-order valence-corrected chi connectivity index (χ2v) is 7.39. The van der Waals surface area contributed by atoms with Crippen LogP contribution in [0.4, 0.5) is 5.69 Å². The number of thioether (sulfide) groups is 1. The summed E-state index contributed by atoms with van der Waals surface area (Å²) in [5, 5.41) is 0.328. The third-order valence-electron chi connectivity index (χ3n) is 2.49. The molecular formula is C11H16Cl2N2O2S2. The van der Waals surface area contributed by atoms with Crippen molar-refractivity contribution in [1.82, 2.24) is 4.72 Å². The van der Waals surface area contributed by atoms with E-state index in [4.69, 9.17) is 28.9 Å². The molecule has 0 aliphatic rings. The van der Waals surface area contributed by atoms with Crippen molar-refractivity contribution in [3.63, 3.8) is 0 Å². The largest absolute Gasteiger partial charge is 0.398 e. The van der Waals surface area contributed by atoms with Crippen molar-refractivity contribution in [2.24, 2.45) is 0 Å². The van der Waals surface area contributed by atoms with E-state index >= 15 is 0 Å². The van der Waals surface area contributed by atoms with Crippen LogP contribution in [0.15, 0.2) is 17.0 Å². The van der Waals surface area contributed by atoms with Gasteiger partial charge < -0.3 is 5.73 Å². The molecule has 0 fully saturated rings. The summed E-state index contributed by atoms with van der Waals surface area (Å²) >= 11 is 13.3. The van der Waals surface area contributed by atoms with Gasteiger partial charge in [-0.05, 0) is 24.8 Å². The quantitative estimate of drug-likeness (QED) is 0.779. The Morgan fingerprint density at radius 2 is 2.05 bits per heavy atom. The van der Waals surface area contributed by atoms with E-state index in [1.165, 1.54) is 12.1 Å². The fourth-order valence-corrected chi connectivity index (χ4v) is 4.71. The molecule has 0 radical (unpaired) electrons. The van der Waals surface area contributed by atoms with Gasteiger partial charge in [-0.2, -0.15) is 11.8 Å². The summed E-state index contributed by atoms with van der Waals surface area (Å²) in [5.41, 5.74) is 5.75. The molecule has 0 amide bonds. The van der Waals surface area contributed by atoms with Crippen molar-refractivity contribution in [1.29, 1.82) is 0 Å². The minimum Gasteiger partial charge on any atom is -0.398 e. The zero-order valence-corrected chi connectivity index (χ0v) is 13.8. The second kappa shape index (κ2) is 7.04. The van der Waals surface area contributed by atoms with Gasteiger partial charge in [0.05, 0.1) is 10.7 Å². The van der Waals surface area contributed by atoms with Crippen molar-refractivity contribution < 1.29 is 8.42 Å². The Morgan fingerprint density at radius 3 is 2.53 bits per heavy atom. The summed E-state index contributed by atoms with van der Waals surface area (Å²) in [5.74, 6) is 0.681. The van der Waals surface area contributed by atoms with Gasteiger partial charge in [-0.15, -0.1) is 0 Å². The van der Waals surface area contributed by atoms with E-state index in [1.807, 2.05) is 13.2 Å². The SMILES string of the molecule is CCC(CSC)NS(=O)(=O)c1c(N)cc(Cl)cc1Cl. The van der Waals surface area contributed by atoms with Gasteiger partial charge in [-0.1, -0.05) is 30.1 Å². The monoisotopic (exact) mass is 342 g/mol. The molecule has 108 valence electrons. The molecule has 1 aromatic carbocycles. The van der Waals surface area contributed by atoms with E-state index in [1.54, 1.807) is 11.8 Å². The lowest BCUT2D eigenvalue weighted by Crippen LogP contribution is -2.36. The highest BCUT2D eigenvalue weighted by Crippen LogP contribution is 2.31. The molecule has 0 spiro atoms. The summed E-state index contributed by atoms with van der Waals surface area (Å²) in [4.78, 5) is -0.113. The van der Waals surface area contributed by atoms with Gasteiger partial charge in [-0.3, -0.25) is 0 Å². The van der Waals surface area contributed by atoms with Gasteiger partial charge >= 0.3 is 0 Å². The van der Waals surface area contributed by atoms with Crippen LogP contribution in [0.25, 0.3) is 0 Å². The maximum Gasteiger partial charge on any atom is 0.244 e. The Bertz CT molecular complexity index is 527. The maximum absolute atomic E-state index is 12.3. The number of rotatable bonds is 6. The topological polar surface area (TPSA) is 72.2 Å². The predicted octanol–water partition coefficient (Wildman–Crippen LogP) is 3.00. The first-order valence-electron chi connectivity index (χ1n) is 5.57. The van der Waals surface area contributed by atoms with E-state index in [0.717, 1.165) is 0 Å². The minimum atomic E-state index is -3.75. The molecule has 0 aliphatic heterocycles. The van der Waals surface area contributed by atoms with Crippen LogP contribution in [-0.4, -0.2) is 26.5 Å². The average Bonchev–Trinajstić information content (AvgIpc) is 2.25. The molecule has 1 atom stereocenters. The first kappa shape index (κ1) is 16.9. The Kier molecular flexibility index (Phi) is 6.26.